The maximum absolute atomic E-state index is 5.64. The second kappa shape index (κ2) is 5.16. The Balaban J connectivity index is 2.06. The normalized spacial score (nSPS) is 20.1. The summed E-state index contributed by atoms with van der Waals surface area (Å²) in [6.45, 7) is 5.59. The van der Waals surface area contributed by atoms with Crippen LogP contribution in [0.25, 0.3) is 0 Å². The molecule has 2 rings (SSSR count). The van der Waals surface area contributed by atoms with E-state index in [1.54, 1.807) is 6.20 Å². The molecule has 0 saturated carbocycles. The van der Waals surface area contributed by atoms with Crippen LogP contribution in [0.2, 0.25) is 0 Å². The minimum absolute atomic E-state index is 0.135. The Morgan fingerprint density at radius 3 is 3.12 bits per heavy atom. The highest BCUT2D eigenvalue weighted by Gasteiger charge is 2.17. The van der Waals surface area contributed by atoms with Gasteiger partial charge in [0, 0.05) is 12.8 Å². The Hall–Kier alpha value is -1.29. The van der Waals surface area contributed by atoms with Gasteiger partial charge in [0.25, 0.3) is 0 Å². The first-order valence-corrected chi connectivity index (χ1v) is 5.71. The molecule has 0 aliphatic carbocycles. The summed E-state index contributed by atoms with van der Waals surface area (Å²) in [7, 11) is 0. The van der Waals surface area contributed by atoms with Gasteiger partial charge in [0.05, 0.1) is 24.4 Å². The molecule has 1 saturated heterocycles. The van der Waals surface area contributed by atoms with Crippen molar-refractivity contribution in [2.75, 3.05) is 18.5 Å². The van der Waals surface area contributed by atoms with Gasteiger partial charge in [-0.05, 0) is 32.4 Å². The summed E-state index contributed by atoms with van der Waals surface area (Å²) in [6.07, 6.45) is 2.92. The summed E-state index contributed by atoms with van der Waals surface area (Å²) in [6, 6.07) is 4.27. The molecule has 0 aromatic carbocycles. The number of ether oxygens (including phenoxy) is 2. The fourth-order valence-corrected chi connectivity index (χ4v) is 1.69. The van der Waals surface area contributed by atoms with Gasteiger partial charge < -0.3 is 14.8 Å². The van der Waals surface area contributed by atoms with Crippen LogP contribution in [0.4, 0.5) is 5.69 Å². The second-order valence-corrected chi connectivity index (χ2v) is 4.23. The predicted octanol–water partition coefficient (Wildman–Crippen LogP) is 2.07. The summed E-state index contributed by atoms with van der Waals surface area (Å²) in [5, 5.41) is 3.40. The van der Waals surface area contributed by atoms with Crippen LogP contribution in [0.1, 0.15) is 20.3 Å². The van der Waals surface area contributed by atoms with Crippen molar-refractivity contribution in [2.45, 2.75) is 32.4 Å². The van der Waals surface area contributed by atoms with Crippen LogP contribution < -0.4 is 10.1 Å². The van der Waals surface area contributed by atoms with E-state index in [-0.39, 0.29) is 6.10 Å². The molecule has 1 aromatic rings. The molecule has 88 valence electrons. The number of anilines is 1. The average Bonchev–Trinajstić information content (AvgIpc) is 2.73. The number of hydrogen-bond donors (Lipinski definition) is 1. The van der Waals surface area contributed by atoms with Gasteiger partial charge >= 0.3 is 0 Å². The van der Waals surface area contributed by atoms with Gasteiger partial charge in [-0.25, -0.2) is 4.98 Å². The molecular weight excluding hydrogens is 204 g/mol. The molecule has 1 N–H and O–H groups in total. The van der Waals surface area contributed by atoms with E-state index < -0.39 is 0 Å². The van der Waals surface area contributed by atoms with Gasteiger partial charge in [-0.3, -0.25) is 0 Å². The quantitative estimate of drug-likeness (QED) is 0.847. The van der Waals surface area contributed by atoms with Crippen molar-refractivity contribution in [2.24, 2.45) is 0 Å². The Morgan fingerprint density at radius 1 is 1.56 bits per heavy atom. The minimum atomic E-state index is 0.135. The number of nitrogens with one attached hydrogen (secondary N) is 1. The summed E-state index contributed by atoms with van der Waals surface area (Å²) in [5.41, 5.74) is 0.951. The highest BCUT2D eigenvalue weighted by Crippen LogP contribution is 2.24. The molecule has 1 aliphatic heterocycles. The van der Waals surface area contributed by atoms with Crippen LogP contribution in [0, 0.1) is 0 Å². The van der Waals surface area contributed by atoms with E-state index in [0.717, 1.165) is 25.3 Å². The molecule has 0 spiro atoms. The van der Waals surface area contributed by atoms with E-state index in [9.17, 15) is 0 Å². The first kappa shape index (κ1) is 11.2. The van der Waals surface area contributed by atoms with Crippen LogP contribution in [0.15, 0.2) is 18.3 Å². The fraction of sp³-hybridized carbons (Fsp3) is 0.583. The Bertz CT molecular complexity index is 336. The molecule has 0 radical (unpaired) electrons. The van der Waals surface area contributed by atoms with Gasteiger partial charge in [-0.15, -0.1) is 0 Å². The maximum atomic E-state index is 5.64. The van der Waals surface area contributed by atoms with Crippen molar-refractivity contribution in [3.05, 3.63) is 18.3 Å². The lowest BCUT2D eigenvalue weighted by Gasteiger charge is -2.16. The SMILES string of the molecule is CC(C)Oc1ncccc1NC1CCOC1. The third-order valence-electron chi connectivity index (χ3n) is 2.41. The Labute approximate surface area is 96.0 Å². The highest BCUT2D eigenvalue weighted by atomic mass is 16.5. The van der Waals surface area contributed by atoms with E-state index in [0.29, 0.717) is 11.9 Å². The molecule has 16 heavy (non-hydrogen) atoms. The van der Waals surface area contributed by atoms with E-state index >= 15 is 0 Å². The number of pyridine rings is 1. The summed E-state index contributed by atoms with van der Waals surface area (Å²) >= 11 is 0. The zero-order chi connectivity index (χ0) is 11.4. The third kappa shape index (κ3) is 2.85. The lowest BCUT2D eigenvalue weighted by atomic mass is 10.2. The van der Waals surface area contributed by atoms with Crippen molar-refractivity contribution < 1.29 is 9.47 Å². The molecule has 0 bridgehead atoms. The van der Waals surface area contributed by atoms with Crippen molar-refractivity contribution in [3.8, 4) is 5.88 Å². The molecule has 1 atom stereocenters. The molecule has 4 nitrogen and oxygen atoms in total. The molecule has 0 amide bonds. The molecule has 1 aromatic heterocycles. The van der Waals surface area contributed by atoms with E-state index in [4.69, 9.17) is 9.47 Å². The monoisotopic (exact) mass is 222 g/mol. The smallest absolute Gasteiger partial charge is 0.237 e. The molecule has 2 heterocycles. The van der Waals surface area contributed by atoms with Gasteiger partial charge in [0.15, 0.2) is 0 Å². The van der Waals surface area contributed by atoms with Gasteiger partial charge in [-0.1, -0.05) is 0 Å². The third-order valence-corrected chi connectivity index (χ3v) is 2.41. The standard InChI is InChI=1S/C12H18N2O2/c1-9(2)16-12-11(4-3-6-13-12)14-10-5-7-15-8-10/h3-4,6,9-10,14H,5,7-8H2,1-2H3. The van der Waals surface area contributed by atoms with Crippen molar-refractivity contribution in [1.82, 2.24) is 4.98 Å². The highest BCUT2D eigenvalue weighted by molar-refractivity contribution is 5.52. The van der Waals surface area contributed by atoms with E-state index in [1.165, 1.54) is 0 Å². The molecule has 1 aliphatic rings. The minimum Gasteiger partial charge on any atom is -0.473 e. The van der Waals surface area contributed by atoms with Gasteiger partial charge in [-0.2, -0.15) is 0 Å². The lowest BCUT2D eigenvalue weighted by molar-refractivity contribution is 0.195. The number of nitrogens with zero attached hydrogens (tertiary/aromatic N) is 1. The largest absolute Gasteiger partial charge is 0.473 e. The molecule has 1 fully saturated rings. The van der Waals surface area contributed by atoms with Crippen LogP contribution in [-0.2, 0) is 4.74 Å². The first-order chi connectivity index (χ1) is 7.75. The number of hydrogen-bond acceptors (Lipinski definition) is 4. The van der Waals surface area contributed by atoms with Crippen LogP contribution in [0.3, 0.4) is 0 Å². The van der Waals surface area contributed by atoms with Gasteiger partial charge in [0.2, 0.25) is 5.88 Å². The molecular formula is C12H18N2O2. The summed E-state index contributed by atoms with van der Waals surface area (Å²) < 4.78 is 11.0. The zero-order valence-corrected chi connectivity index (χ0v) is 9.77. The van der Waals surface area contributed by atoms with E-state index in [2.05, 4.69) is 10.3 Å². The van der Waals surface area contributed by atoms with E-state index in [1.807, 2.05) is 26.0 Å². The van der Waals surface area contributed by atoms with Crippen LogP contribution in [-0.4, -0.2) is 30.3 Å². The average molecular weight is 222 g/mol. The number of aromatic nitrogens is 1. The predicted molar refractivity (Wildman–Crippen MR) is 62.8 cm³/mol. The van der Waals surface area contributed by atoms with Crippen LogP contribution in [0.5, 0.6) is 5.88 Å². The maximum Gasteiger partial charge on any atom is 0.237 e. The molecule has 4 heteroatoms. The lowest BCUT2D eigenvalue weighted by Crippen LogP contribution is -2.20. The molecule has 1 unspecified atom stereocenters. The van der Waals surface area contributed by atoms with Crippen molar-refractivity contribution in [3.63, 3.8) is 0 Å². The van der Waals surface area contributed by atoms with Gasteiger partial charge in [0.1, 0.15) is 0 Å². The fourth-order valence-electron chi connectivity index (χ4n) is 1.69. The first-order valence-electron chi connectivity index (χ1n) is 5.71. The summed E-state index contributed by atoms with van der Waals surface area (Å²) in [4.78, 5) is 4.24. The zero-order valence-electron chi connectivity index (χ0n) is 9.77. The summed E-state index contributed by atoms with van der Waals surface area (Å²) in [5.74, 6) is 0.671. The topological polar surface area (TPSA) is 43.4 Å². The van der Waals surface area contributed by atoms with Crippen molar-refractivity contribution >= 4 is 5.69 Å². The van der Waals surface area contributed by atoms with Crippen LogP contribution >= 0.6 is 0 Å². The Kier molecular flexibility index (Phi) is 3.62. The van der Waals surface area contributed by atoms with Crippen molar-refractivity contribution in [1.29, 1.82) is 0 Å². The number of rotatable bonds is 4. The second-order valence-electron chi connectivity index (χ2n) is 4.23. The Morgan fingerprint density at radius 2 is 2.44 bits per heavy atom.